The third kappa shape index (κ3) is 2.39. The lowest BCUT2D eigenvalue weighted by molar-refractivity contribution is 0.282. The van der Waals surface area contributed by atoms with E-state index < -0.39 is 0 Å². The zero-order valence-corrected chi connectivity index (χ0v) is 14.0. The van der Waals surface area contributed by atoms with E-state index in [-0.39, 0.29) is 6.61 Å². The predicted octanol–water partition coefficient (Wildman–Crippen LogP) is 4.91. The number of para-hydroxylation sites is 1. The molecule has 0 aliphatic carbocycles. The Hall–Kier alpha value is -3.37. The first-order valence-electron chi connectivity index (χ1n) is 8.48. The van der Waals surface area contributed by atoms with E-state index in [9.17, 15) is 5.11 Å². The maximum atomic E-state index is 9.38. The zero-order chi connectivity index (χ0) is 17.5. The van der Waals surface area contributed by atoms with Gasteiger partial charge in [-0.3, -0.25) is 4.40 Å². The largest absolute Gasteiger partial charge is 0.454 e. The van der Waals surface area contributed by atoms with Crippen LogP contribution in [0.3, 0.4) is 0 Å². The minimum Gasteiger partial charge on any atom is -0.454 e. The molecule has 0 radical (unpaired) electrons. The van der Waals surface area contributed by atoms with Crippen LogP contribution in [0, 0.1) is 0 Å². The SMILES string of the molecule is OCc1cccc(-c2ccc3ncc(-c4cc5ccccc5o4)n3c2)c1. The minimum absolute atomic E-state index is 0.0331. The van der Waals surface area contributed by atoms with Crippen LogP contribution in [0.1, 0.15) is 5.56 Å². The van der Waals surface area contributed by atoms with Crippen LogP contribution < -0.4 is 0 Å². The number of aliphatic hydroxyl groups excluding tert-OH is 1. The standard InChI is InChI=1S/C22H16N2O2/c25-14-15-4-3-6-16(10-15)18-8-9-22-23-12-19(24(22)13-18)21-11-17-5-1-2-7-20(17)26-21/h1-13,25H,14H2. The first-order valence-corrected chi connectivity index (χ1v) is 8.48. The van der Waals surface area contributed by atoms with Crippen LogP contribution in [0.2, 0.25) is 0 Å². The van der Waals surface area contributed by atoms with E-state index in [1.54, 1.807) is 0 Å². The van der Waals surface area contributed by atoms with Crippen molar-refractivity contribution < 1.29 is 9.52 Å². The van der Waals surface area contributed by atoms with Crippen molar-refractivity contribution in [3.8, 4) is 22.6 Å². The molecule has 126 valence electrons. The molecule has 4 nitrogen and oxygen atoms in total. The second-order valence-corrected chi connectivity index (χ2v) is 6.30. The van der Waals surface area contributed by atoms with Gasteiger partial charge in [0, 0.05) is 11.6 Å². The second-order valence-electron chi connectivity index (χ2n) is 6.30. The van der Waals surface area contributed by atoms with Crippen molar-refractivity contribution in [2.24, 2.45) is 0 Å². The highest BCUT2D eigenvalue weighted by atomic mass is 16.3. The average molecular weight is 340 g/mol. The molecule has 0 spiro atoms. The molecule has 0 fully saturated rings. The number of furan rings is 1. The van der Waals surface area contributed by atoms with Gasteiger partial charge < -0.3 is 9.52 Å². The fraction of sp³-hybridized carbons (Fsp3) is 0.0455. The molecule has 0 amide bonds. The van der Waals surface area contributed by atoms with Crippen LogP contribution >= 0.6 is 0 Å². The Balaban J connectivity index is 1.67. The van der Waals surface area contributed by atoms with Crippen LogP contribution in [0.15, 0.2) is 83.5 Å². The van der Waals surface area contributed by atoms with Gasteiger partial charge >= 0.3 is 0 Å². The van der Waals surface area contributed by atoms with E-state index in [1.807, 2.05) is 77.3 Å². The molecule has 0 saturated heterocycles. The Morgan fingerprint density at radius 2 is 1.85 bits per heavy atom. The first kappa shape index (κ1) is 14.9. The number of fused-ring (bicyclic) bond motifs is 2. The number of imidazole rings is 1. The molecule has 5 aromatic rings. The number of nitrogens with zero attached hydrogens (tertiary/aromatic N) is 2. The van der Waals surface area contributed by atoms with E-state index in [1.165, 1.54) is 0 Å². The fourth-order valence-electron chi connectivity index (χ4n) is 3.29. The Morgan fingerprint density at radius 3 is 2.73 bits per heavy atom. The highest BCUT2D eigenvalue weighted by Gasteiger charge is 2.12. The summed E-state index contributed by atoms with van der Waals surface area (Å²) in [5.74, 6) is 0.792. The molecule has 2 aromatic carbocycles. The Kier molecular flexibility index (Phi) is 3.37. The number of aliphatic hydroxyl groups is 1. The topological polar surface area (TPSA) is 50.7 Å². The monoisotopic (exact) mass is 340 g/mol. The Bertz CT molecular complexity index is 1200. The van der Waals surface area contributed by atoms with Gasteiger partial charge in [-0.2, -0.15) is 0 Å². The number of rotatable bonds is 3. The highest BCUT2D eigenvalue weighted by Crippen LogP contribution is 2.30. The van der Waals surface area contributed by atoms with E-state index in [2.05, 4.69) is 11.2 Å². The van der Waals surface area contributed by atoms with Gasteiger partial charge in [0.05, 0.1) is 12.8 Å². The van der Waals surface area contributed by atoms with Gasteiger partial charge in [-0.25, -0.2) is 4.98 Å². The van der Waals surface area contributed by atoms with Crippen molar-refractivity contribution in [1.29, 1.82) is 0 Å². The fourth-order valence-corrected chi connectivity index (χ4v) is 3.29. The maximum Gasteiger partial charge on any atom is 0.153 e. The molecule has 0 aliphatic heterocycles. The second kappa shape index (κ2) is 5.86. The predicted molar refractivity (Wildman–Crippen MR) is 102 cm³/mol. The summed E-state index contributed by atoms with van der Waals surface area (Å²) in [5, 5.41) is 10.5. The quantitative estimate of drug-likeness (QED) is 0.508. The van der Waals surface area contributed by atoms with Crippen molar-refractivity contribution in [2.45, 2.75) is 6.61 Å². The van der Waals surface area contributed by atoms with Gasteiger partial charge in [-0.1, -0.05) is 36.4 Å². The van der Waals surface area contributed by atoms with Crippen LogP contribution in [0.5, 0.6) is 0 Å². The van der Waals surface area contributed by atoms with Crippen molar-refractivity contribution in [1.82, 2.24) is 9.38 Å². The third-order valence-electron chi connectivity index (χ3n) is 4.63. The molecular formula is C22H16N2O2. The molecule has 0 aliphatic rings. The molecule has 3 aromatic heterocycles. The molecule has 0 atom stereocenters. The molecule has 26 heavy (non-hydrogen) atoms. The Labute approximate surface area is 150 Å². The van der Waals surface area contributed by atoms with Crippen LogP contribution in [-0.4, -0.2) is 14.5 Å². The lowest BCUT2D eigenvalue weighted by Crippen LogP contribution is -1.90. The molecule has 5 rings (SSSR count). The van der Waals surface area contributed by atoms with E-state index in [4.69, 9.17) is 4.42 Å². The van der Waals surface area contributed by atoms with Gasteiger partial charge in [0.25, 0.3) is 0 Å². The van der Waals surface area contributed by atoms with E-state index >= 15 is 0 Å². The maximum absolute atomic E-state index is 9.38. The van der Waals surface area contributed by atoms with Gasteiger partial charge in [-0.05, 0) is 47.0 Å². The summed E-state index contributed by atoms with van der Waals surface area (Å²) < 4.78 is 8.05. The molecular weight excluding hydrogens is 324 g/mol. The number of benzene rings is 2. The normalized spacial score (nSPS) is 11.4. The summed E-state index contributed by atoms with van der Waals surface area (Å²) in [6, 6.07) is 22.0. The first-order chi connectivity index (χ1) is 12.8. The lowest BCUT2D eigenvalue weighted by atomic mass is 10.1. The lowest BCUT2D eigenvalue weighted by Gasteiger charge is -2.06. The van der Waals surface area contributed by atoms with E-state index in [0.29, 0.717) is 0 Å². The molecule has 4 heteroatoms. The van der Waals surface area contributed by atoms with Crippen molar-refractivity contribution in [3.05, 3.63) is 84.7 Å². The van der Waals surface area contributed by atoms with Gasteiger partial charge in [0.2, 0.25) is 0 Å². The molecule has 0 unspecified atom stereocenters. The van der Waals surface area contributed by atoms with Crippen molar-refractivity contribution in [3.63, 3.8) is 0 Å². The summed E-state index contributed by atoms with van der Waals surface area (Å²) >= 11 is 0. The molecule has 0 bridgehead atoms. The smallest absolute Gasteiger partial charge is 0.153 e. The molecule has 0 saturated carbocycles. The van der Waals surface area contributed by atoms with Crippen LogP contribution in [-0.2, 0) is 6.61 Å². The van der Waals surface area contributed by atoms with Gasteiger partial charge in [-0.15, -0.1) is 0 Å². The number of hydrogen-bond donors (Lipinski definition) is 1. The molecule has 1 N–H and O–H groups in total. The van der Waals surface area contributed by atoms with Crippen molar-refractivity contribution >= 4 is 16.6 Å². The van der Waals surface area contributed by atoms with Crippen molar-refractivity contribution in [2.75, 3.05) is 0 Å². The summed E-state index contributed by atoms with van der Waals surface area (Å²) in [7, 11) is 0. The number of aromatic nitrogens is 2. The molecule has 3 heterocycles. The summed E-state index contributed by atoms with van der Waals surface area (Å²) in [6.45, 7) is 0.0331. The highest BCUT2D eigenvalue weighted by molar-refractivity contribution is 5.82. The number of hydrogen-bond acceptors (Lipinski definition) is 3. The van der Waals surface area contributed by atoms with Crippen LogP contribution in [0.4, 0.5) is 0 Å². The van der Waals surface area contributed by atoms with E-state index in [0.717, 1.165) is 44.8 Å². The Morgan fingerprint density at radius 1 is 0.923 bits per heavy atom. The minimum atomic E-state index is 0.0331. The van der Waals surface area contributed by atoms with Gasteiger partial charge in [0.15, 0.2) is 5.76 Å². The summed E-state index contributed by atoms with van der Waals surface area (Å²) in [4.78, 5) is 4.50. The number of pyridine rings is 1. The van der Waals surface area contributed by atoms with Crippen LogP contribution in [0.25, 0.3) is 39.2 Å². The summed E-state index contributed by atoms with van der Waals surface area (Å²) in [5.41, 5.74) is 5.65. The summed E-state index contributed by atoms with van der Waals surface area (Å²) in [6.07, 6.45) is 3.89. The van der Waals surface area contributed by atoms with Gasteiger partial charge in [0.1, 0.15) is 16.9 Å². The third-order valence-corrected chi connectivity index (χ3v) is 4.63. The zero-order valence-electron chi connectivity index (χ0n) is 14.0. The average Bonchev–Trinajstić information content (AvgIpc) is 3.31.